The van der Waals surface area contributed by atoms with Gasteiger partial charge in [0.15, 0.2) is 17.3 Å². The van der Waals surface area contributed by atoms with Crippen molar-refractivity contribution in [3.8, 4) is 11.5 Å². The number of fused-ring (bicyclic) bond motifs is 1. The summed E-state index contributed by atoms with van der Waals surface area (Å²) in [6.45, 7) is 0. The Morgan fingerprint density at radius 1 is 1.11 bits per heavy atom. The fraction of sp³-hybridized carbons (Fsp3) is 0.0800. The van der Waals surface area contributed by atoms with Crippen molar-refractivity contribution >= 4 is 57.1 Å². The highest BCUT2D eigenvalue weighted by molar-refractivity contribution is 8.26. The van der Waals surface area contributed by atoms with Crippen LogP contribution in [0.4, 0.5) is 0 Å². The Labute approximate surface area is 209 Å². The highest BCUT2D eigenvalue weighted by Gasteiger charge is 2.35. The average molecular weight is 503 g/mol. The Balaban J connectivity index is 1.37. The van der Waals surface area contributed by atoms with Crippen LogP contribution in [0, 0.1) is 5.41 Å². The largest absolute Gasteiger partial charge is 0.493 e. The van der Waals surface area contributed by atoms with E-state index < -0.39 is 11.9 Å². The SMILES string of the molecule is COc1cc(C=C2C(=N)N3N=C(Cc4ccccc4)SC3=NC2=O)ccc1OC(=O)c1cccs1. The van der Waals surface area contributed by atoms with Crippen molar-refractivity contribution in [2.75, 3.05) is 7.11 Å². The molecule has 0 unspecified atom stereocenters. The molecule has 3 aromatic rings. The van der Waals surface area contributed by atoms with Gasteiger partial charge in [0.2, 0.25) is 5.17 Å². The van der Waals surface area contributed by atoms with Crippen LogP contribution in [-0.2, 0) is 11.2 Å². The number of ether oxygens (including phenoxy) is 2. The van der Waals surface area contributed by atoms with E-state index in [1.54, 1.807) is 41.8 Å². The van der Waals surface area contributed by atoms with Crippen molar-refractivity contribution in [3.05, 3.63) is 87.6 Å². The fourth-order valence-corrected chi connectivity index (χ4v) is 4.96. The first-order chi connectivity index (χ1) is 17.0. The predicted molar refractivity (Wildman–Crippen MR) is 137 cm³/mol. The lowest BCUT2D eigenvalue weighted by atomic mass is 10.1. The van der Waals surface area contributed by atoms with Gasteiger partial charge < -0.3 is 9.47 Å². The third kappa shape index (κ3) is 4.79. The van der Waals surface area contributed by atoms with E-state index >= 15 is 0 Å². The summed E-state index contributed by atoms with van der Waals surface area (Å²) >= 11 is 2.57. The van der Waals surface area contributed by atoms with Crippen LogP contribution in [0.3, 0.4) is 0 Å². The lowest BCUT2D eigenvalue weighted by molar-refractivity contribution is -0.114. The zero-order chi connectivity index (χ0) is 24.4. The number of aliphatic imine (C=N–C) groups is 1. The number of esters is 1. The second-order valence-corrected chi connectivity index (χ2v) is 9.44. The molecule has 174 valence electrons. The van der Waals surface area contributed by atoms with E-state index in [1.807, 2.05) is 30.3 Å². The monoisotopic (exact) mass is 502 g/mol. The summed E-state index contributed by atoms with van der Waals surface area (Å²) in [7, 11) is 1.46. The first-order valence-electron chi connectivity index (χ1n) is 10.5. The third-order valence-corrected chi connectivity index (χ3v) is 6.88. The number of amidine groups is 2. The van der Waals surface area contributed by atoms with Gasteiger partial charge in [0, 0.05) is 6.42 Å². The first-order valence-corrected chi connectivity index (χ1v) is 12.2. The maximum absolute atomic E-state index is 12.7. The smallest absolute Gasteiger partial charge is 0.353 e. The summed E-state index contributed by atoms with van der Waals surface area (Å²) in [4.78, 5) is 29.6. The summed E-state index contributed by atoms with van der Waals surface area (Å²) < 4.78 is 10.8. The minimum Gasteiger partial charge on any atom is -0.493 e. The van der Waals surface area contributed by atoms with E-state index in [9.17, 15) is 9.59 Å². The van der Waals surface area contributed by atoms with E-state index in [4.69, 9.17) is 14.9 Å². The van der Waals surface area contributed by atoms with Crippen molar-refractivity contribution in [2.45, 2.75) is 6.42 Å². The van der Waals surface area contributed by atoms with Gasteiger partial charge in [-0.3, -0.25) is 10.2 Å². The number of rotatable bonds is 6. The van der Waals surface area contributed by atoms with E-state index in [1.165, 1.54) is 35.2 Å². The number of hydrazone groups is 1. The minimum absolute atomic E-state index is 0.0530. The van der Waals surface area contributed by atoms with Crippen LogP contribution in [0.15, 0.2) is 81.7 Å². The lowest BCUT2D eigenvalue weighted by Crippen LogP contribution is -2.35. The summed E-state index contributed by atoms with van der Waals surface area (Å²) in [5.74, 6) is -0.473. The number of hydrogen-bond donors (Lipinski definition) is 1. The quantitative estimate of drug-likeness (QED) is 0.294. The van der Waals surface area contributed by atoms with Gasteiger partial charge in [-0.15, -0.1) is 11.3 Å². The van der Waals surface area contributed by atoms with Gasteiger partial charge in [0.1, 0.15) is 9.92 Å². The third-order valence-electron chi connectivity index (χ3n) is 5.12. The van der Waals surface area contributed by atoms with E-state index in [-0.39, 0.29) is 17.2 Å². The van der Waals surface area contributed by atoms with E-state index in [2.05, 4.69) is 10.1 Å². The Morgan fingerprint density at radius 3 is 2.69 bits per heavy atom. The van der Waals surface area contributed by atoms with Crippen LogP contribution in [0.1, 0.15) is 20.8 Å². The summed E-state index contributed by atoms with van der Waals surface area (Å²) in [5.41, 5.74) is 1.77. The number of thiophene rings is 1. The Bertz CT molecular complexity index is 1410. The number of thioether (sulfide) groups is 1. The molecule has 1 N–H and O–H groups in total. The molecule has 0 saturated carbocycles. The molecule has 8 nitrogen and oxygen atoms in total. The molecular formula is C25H18N4O4S2. The molecule has 2 aliphatic heterocycles. The topological polar surface area (TPSA) is 104 Å². The molecule has 2 aromatic carbocycles. The molecule has 35 heavy (non-hydrogen) atoms. The molecule has 0 fully saturated rings. The van der Waals surface area contributed by atoms with Crippen LogP contribution in [0.5, 0.6) is 11.5 Å². The predicted octanol–water partition coefficient (Wildman–Crippen LogP) is 4.84. The Kier molecular flexibility index (Phi) is 6.30. The van der Waals surface area contributed by atoms with E-state index in [0.717, 1.165) is 10.6 Å². The molecular weight excluding hydrogens is 484 g/mol. The van der Waals surface area contributed by atoms with Crippen LogP contribution < -0.4 is 9.47 Å². The maximum atomic E-state index is 12.7. The lowest BCUT2D eigenvalue weighted by Gasteiger charge is -2.20. The van der Waals surface area contributed by atoms with Crippen LogP contribution in [-0.4, -0.2) is 40.0 Å². The number of hydrogen-bond acceptors (Lipinski definition) is 8. The Morgan fingerprint density at radius 2 is 1.94 bits per heavy atom. The molecule has 0 saturated heterocycles. The number of nitrogens with one attached hydrogen (secondary N) is 1. The van der Waals surface area contributed by atoms with Gasteiger partial charge in [-0.25, -0.2) is 4.79 Å². The number of carbonyl (C=O) groups excluding carboxylic acids is 2. The number of benzene rings is 2. The highest BCUT2D eigenvalue weighted by atomic mass is 32.2. The van der Waals surface area contributed by atoms with Crippen molar-refractivity contribution in [2.24, 2.45) is 10.1 Å². The van der Waals surface area contributed by atoms with Crippen molar-refractivity contribution in [1.29, 1.82) is 5.41 Å². The van der Waals surface area contributed by atoms with Crippen molar-refractivity contribution in [1.82, 2.24) is 5.01 Å². The molecule has 5 rings (SSSR count). The van der Waals surface area contributed by atoms with E-state index in [0.29, 0.717) is 27.8 Å². The summed E-state index contributed by atoms with van der Waals surface area (Å²) in [5, 5.41) is 17.4. The molecule has 0 spiro atoms. The number of methoxy groups -OCH3 is 1. The normalized spacial score (nSPS) is 16.1. The summed E-state index contributed by atoms with van der Waals surface area (Å²) in [6, 6.07) is 18.2. The van der Waals surface area contributed by atoms with Crippen molar-refractivity contribution in [3.63, 3.8) is 0 Å². The maximum Gasteiger partial charge on any atom is 0.353 e. The number of nitrogens with zero attached hydrogens (tertiary/aromatic N) is 3. The van der Waals surface area contributed by atoms with Gasteiger partial charge in [-0.2, -0.15) is 15.1 Å². The van der Waals surface area contributed by atoms with Gasteiger partial charge in [-0.05, 0) is 52.5 Å². The van der Waals surface area contributed by atoms with Crippen LogP contribution in [0.2, 0.25) is 0 Å². The first kappa shape index (κ1) is 22.8. The molecule has 2 aliphatic rings. The second-order valence-electron chi connectivity index (χ2n) is 7.45. The summed E-state index contributed by atoms with van der Waals surface area (Å²) in [6.07, 6.45) is 2.14. The Hall–Kier alpha value is -4.02. The minimum atomic E-state index is -0.517. The molecule has 3 heterocycles. The van der Waals surface area contributed by atoms with Crippen LogP contribution >= 0.6 is 23.1 Å². The molecule has 0 bridgehead atoms. The molecule has 0 radical (unpaired) electrons. The number of carbonyl (C=O) groups is 2. The van der Waals surface area contributed by atoms with Gasteiger partial charge >= 0.3 is 5.97 Å². The second kappa shape index (κ2) is 9.69. The number of amides is 1. The average Bonchev–Trinajstić information content (AvgIpc) is 3.54. The van der Waals surface area contributed by atoms with Crippen molar-refractivity contribution < 1.29 is 19.1 Å². The van der Waals surface area contributed by atoms with Gasteiger partial charge in [0.05, 0.1) is 12.7 Å². The highest BCUT2D eigenvalue weighted by Crippen LogP contribution is 2.32. The zero-order valence-corrected chi connectivity index (χ0v) is 20.1. The zero-order valence-electron chi connectivity index (χ0n) is 18.4. The van der Waals surface area contributed by atoms with Gasteiger partial charge in [0.25, 0.3) is 5.91 Å². The molecule has 10 heteroatoms. The molecule has 1 aromatic heterocycles. The molecule has 0 aliphatic carbocycles. The van der Waals surface area contributed by atoms with Gasteiger partial charge in [-0.1, -0.05) is 42.5 Å². The van der Waals surface area contributed by atoms with Crippen LogP contribution in [0.25, 0.3) is 6.08 Å². The standard InChI is InChI=1S/C25H18N4O4S2/c1-32-19-13-16(9-10-18(19)33-24(31)20-8-5-11-34-20)12-17-22(26)29-25(27-23(17)30)35-21(28-29)14-15-6-3-2-4-7-15/h2-13,26H,14H2,1H3. The fourth-order valence-electron chi connectivity index (χ4n) is 3.44. The molecule has 1 amide bonds. The molecule has 0 atom stereocenters.